The van der Waals surface area contributed by atoms with Gasteiger partial charge in [0.2, 0.25) is 0 Å². The fourth-order valence-corrected chi connectivity index (χ4v) is 3.13. The molecule has 0 amide bonds. The van der Waals surface area contributed by atoms with Gasteiger partial charge in [-0.05, 0) is 43.8 Å². The number of rotatable bonds is 8. The lowest BCUT2D eigenvalue weighted by atomic mass is 9.80. The second-order valence-electron chi connectivity index (χ2n) is 6.74. The van der Waals surface area contributed by atoms with E-state index in [1.54, 1.807) is 0 Å². The molecule has 24 heavy (non-hydrogen) atoms. The third-order valence-electron chi connectivity index (χ3n) is 4.58. The molecule has 0 aliphatic rings. The highest BCUT2D eigenvalue weighted by atomic mass is 16.5. The molecular weight excluding hydrogens is 298 g/mol. The Hall–Kier alpha value is -1.84. The van der Waals surface area contributed by atoms with Gasteiger partial charge >= 0.3 is 0 Å². The quantitative estimate of drug-likeness (QED) is 0.793. The zero-order valence-corrected chi connectivity index (χ0v) is 15.2. The first kappa shape index (κ1) is 18.5. The lowest BCUT2D eigenvalue weighted by Crippen LogP contribution is -2.38. The van der Waals surface area contributed by atoms with Gasteiger partial charge < -0.3 is 14.7 Å². The van der Waals surface area contributed by atoms with Crippen LogP contribution < -0.4 is 4.74 Å². The first-order valence-electron chi connectivity index (χ1n) is 8.60. The van der Waals surface area contributed by atoms with Gasteiger partial charge in [-0.15, -0.1) is 0 Å². The van der Waals surface area contributed by atoms with Crippen molar-refractivity contribution in [2.45, 2.75) is 32.5 Å². The van der Waals surface area contributed by atoms with Gasteiger partial charge in [-0.1, -0.05) is 56.3 Å². The molecule has 0 aromatic heterocycles. The van der Waals surface area contributed by atoms with E-state index in [1.165, 1.54) is 0 Å². The summed E-state index contributed by atoms with van der Waals surface area (Å²) in [4.78, 5) is 2.11. The van der Waals surface area contributed by atoms with Crippen molar-refractivity contribution in [3.05, 3.63) is 65.7 Å². The standard InChI is InChI=1S/C21H29NO2/c1-5-21(23,17(2)15-22(3)4)19-12-9-13-20(14-19)24-16-18-10-7-6-8-11-18/h6-14,17,23H,5,15-16H2,1-4H3/t17-,21-/m1/s1. The van der Waals surface area contributed by atoms with Crippen molar-refractivity contribution in [3.8, 4) is 5.75 Å². The first-order valence-corrected chi connectivity index (χ1v) is 8.60. The summed E-state index contributed by atoms with van der Waals surface area (Å²) < 4.78 is 5.91. The third-order valence-corrected chi connectivity index (χ3v) is 4.58. The average molecular weight is 327 g/mol. The molecule has 1 N–H and O–H groups in total. The van der Waals surface area contributed by atoms with Crippen LogP contribution in [0.2, 0.25) is 0 Å². The summed E-state index contributed by atoms with van der Waals surface area (Å²) in [5.74, 6) is 0.919. The van der Waals surface area contributed by atoms with E-state index in [1.807, 2.05) is 75.6 Å². The predicted molar refractivity (Wildman–Crippen MR) is 99.1 cm³/mol. The van der Waals surface area contributed by atoms with E-state index >= 15 is 0 Å². The Labute approximate surface area is 145 Å². The maximum atomic E-state index is 11.2. The highest BCUT2D eigenvalue weighted by molar-refractivity contribution is 5.33. The van der Waals surface area contributed by atoms with Crippen molar-refractivity contribution in [3.63, 3.8) is 0 Å². The van der Waals surface area contributed by atoms with Gasteiger partial charge in [-0.2, -0.15) is 0 Å². The topological polar surface area (TPSA) is 32.7 Å². The monoisotopic (exact) mass is 327 g/mol. The summed E-state index contributed by atoms with van der Waals surface area (Å²) in [5.41, 5.74) is 1.20. The largest absolute Gasteiger partial charge is 0.489 e. The van der Waals surface area contributed by atoms with E-state index in [2.05, 4.69) is 11.8 Å². The minimum Gasteiger partial charge on any atom is -0.489 e. The fraction of sp³-hybridized carbons (Fsp3) is 0.429. The number of hydrogen-bond donors (Lipinski definition) is 1. The summed E-state index contributed by atoms with van der Waals surface area (Å²) in [5, 5.41) is 11.2. The summed E-state index contributed by atoms with van der Waals surface area (Å²) in [7, 11) is 4.07. The second-order valence-corrected chi connectivity index (χ2v) is 6.74. The van der Waals surface area contributed by atoms with E-state index in [0.717, 1.165) is 23.4 Å². The summed E-state index contributed by atoms with van der Waals surface area (Å²) in [6.07, 6.45) is 0.671. The van der Waals surface area contributed by atoms with Crippen LogP contribution in [0.1, 0.15) is 31.4 Å². The van der Waals surface area contributed by atoms with Crippen LogP contribution >= 0.6 is 0 Å². The summed E-state index contributed by atoms with van der Waals surface area (Å²) in [6.45, 7) is 5.49. The van der Waals surface area contributed by atoms with Gasteiger partial charge in [0, 0.05) is 12.5 Å². The molecule has 0 heterocycles. The van der Waals surface area contributed by atoms with E-state index in [0.29, 0.717) is 13.0 Å². The highest BCUT2D eigenvalue weighted by Crippen LogP contribution is 2.35. The van der Waals surface area contributed by atoms with Gasteiger partial charge in [0.25, 0.3) is 0 Å². The van der Waals surface area contributed by atoms with Gasteiger partial charge in [-0.3, -0.25) is 0 Å². The fourth-order valence-electron chi connectivity index (χ4n) is 3.13. The van der Waals surface area contributed by atoms with Crippen LogP contribution in [0.25, 0.3) is 0 Å². The number of ether oxygens (including phenoxy) is 1. The Morgan fingerprint density at radius 1 is 1.08 bits per heavy atom. The molecule has 2 aromatic rings. The lowest BCUT2D eigenvalue weighted by molar-refractivity contribution is -0.0293. The van der Waals surface area contributed by atoms with E-state index in [4.69, 9.17) is 4.74 Å². The van der Waals surface area contributed by atoms with Gasteiger partial charge in [0.05, 0.1) is 5.60 Å². The van der Waals surface area contributed by atoms with Crippen molar-refractivity contribution < 1.29 is 9.84 Å². The molecule has 0 fully saturated rings. The van der Waals surface area contributed by atoms with Crippen LogP contribution in [-0.4, -0.2) is 30.6 Å². The smallest absolute Gasteiger partial charge is 0.120 e. The maximum Gasteiger partial charge on any atom is 0.120 e. The van der Waals surface area contributed by atoms with Crippen LogP contribution in [0.4, 0.5) is 0 Å². The lowest BCUT2D eigenvalue weighted by Gasteiger charge is -2.35. The van der Waals surface area contributed by atoms with Crippen LogP contribution in [0.3, 0.4) is 0 Å². The molecule has 0 bridgehead atoms. The van der Waals surface area contributed by atoms with Crippen LogP contribution in [0.15, 0.2) is 54.6 Å². The molecule has 0 spiro atoms. The Bertz CT molecular complexity index is 627. The van der Waals surface area contributed by atoms with Crippen LogP contribution in [0, 0.1) is 5.92 Å². The zero-order valence-electron chi connectivity index (χ0n) is 15.2. The van der Waals surface area contributed by atoms with Gasteiger partial charge in [0.15, 0.2) is 0 Å². The van der Waals surface area contributed by atoms with Gasteiger partial charge in [0.1, 0.15) is 12.4 Å². The Kier molecular flexibility index (Phi) is 6.41. The molecule has 3 nitrogen and oxygen atoms in total. The average Bonchev–Trinajstić information content (AvgIpc) is 2.59. The molecule has 2 atom stereocenters. The molecule has 0 unspecified atom stereocenters. The predicted octanol–water partition coefficient (Wildman–Crippen LogP) is 4.06. The number of nitrogens with zero attached hydrogens (tertiary/aromatic N) is 1. The van der Waals surface area contributed by atoms with E-state index in [-0.39, 0.29) is 5.92 Å². The molecule has 0 saturated carbocycles. The minimum absolute atomic E-state index is 0.127. The second kappa shape index (κ2) is 8.32. The summed E-state index contributed by atoms with van der Waals surface area (Å²) >= 11 is 0. The number of benzene rings is 2. The molecule has 0 saturated heterocycles. The molecule has 2 rings (SSSR count). The van der Waals surface area contributed by atoms with E-state index in [9.17, 15) is 5.11 Å². The highest BCUT2D eigenvalue weighted by Gasteiger charge is 2.34. The third kappa shape index (κ3) is 4.59. The molecular formula is C21H29NO2. The van der Waals surface area contributed by atoms with Crippen LogP contribution in [-0.2, 0) is 12.2 Å². The normalized spacial score (nSPS) is 15.1. The zero-order chi connectivity index (χ0) is 17.6. The Morgan fingerprint density at radius 3 is 2.42 bits per heavy atom. The van der Waals surface area contributed by atoms with E-state index < -0.39 is 5.60 Å². The van der Waals surface area contributed by atoms with Crippen LogP contribution in [0.5, 0.6) is 5.75 Å². The molecule has 0 aliphatic heterocycles. The first-order chi connectivity index (χ1) is 11.5. The SMILES string of the molecule is CC[C@](O)(c1cccc(OCc2ccccc2)c1)[C@H](C)CN(C)C. The van der Waals surface area contributed by atoms with Crippen molar-refractivity contribution in [1.82, 2.24) is 4.90 Å². The minimum atomic E-state index is -0.851. The molecule has 0 radical (unpaired) electrons. The van der Waals surface area contributed by atoms with Gasteiger partial charge in [-0.25, -0.2) is 0 Å². The van der Waals surface area contributed by atoms with Crippen molar-refractivity contribution in [1.29, 1.82) is 0 Å². The van der Waals surface area contributed by atoms with Crippen molar-refractivity contribution in [2.24, 2.45) is 5.92 Å². The van der Waals surface area contributed by atoms with Crippen molar-refractivity contribution >= 4 is 0 Å². The molecule has 0 aliphatic carbocycles. The number of aliphatic hydroxyl groups is 1. The number of hydrogen-bond acceptors (Lipinski definition) is 3. The Balaban J connectivity index is 2.15. The summed E-state index contributed by atoms with van der Waals surface area (Å²) in [6, 6.07) is 18.0. The van der Waals surface area contributed by atoms with Crippen molar-refractivity contribution in [2.75, 3.05) is 20.6 Å². The maximum absolute atomic E-state index is 11.2. The molecule has 3 heteroatoms. The molecule has 2 aromatic carbocycles. The Morgan fingerprint density at radius 2 is 1.79 bits per heavy atom. The molecule has 130 valence electrons.